The summed E-state index contributed by atoms with van der Waals surface area (Å²) in [5.74, 6) is 1.92. The zero-order valence-electron chi connectivity index (χ0n) is 27.0. The number of aryl methyl sites for hydroxylation is 1. The van der Waals surface area contributed by atoms with Gasteiger partial charge in [0.05, 0.1) is 0 Å². The molecule has 0 nitrogen and oxygen atoms in total. The first kappa shape index (κ1) is 36.8. The number of rotatable bonds is 6. The molecule has 0 aliphatic carbocycles. The first-order valence-electron chi connectivity index (χ1n) is 15.2. The molecule has 2 radical (unpaired) electrons. The number of halogens is 2. The molecular weight excluding hydrogens is 647 g/mol. The van der Waals surface area contributed by atoms with E-state index < -0.39 is 20.8 Å². The van der Waals surface area contributed by atoms with Gasteiger partial charge in [-0.3, -0.25) is 0 Å². The molecule has 0 heterocycles. The van der Waals surface area contributed by atoms with Crippen molar-refractivity contribution in [2.45, 2.75) is 92.2 Å². The van der Waals surface area contributed by atoms with Gasteiger partial charge in [-0.05, 0) is 28.9 Å². The summed E-state index contributed by atoms with van der Waals surface area (Å²) in [5.41, 5.74) is 8.38. The van der Waals surface area contributed by atoms with Gasteiger partial charge >= 0.3 is 37.9 Å². The summed E-state index contributed by atoms with van der Waals surface area (Å²) in [7, 11) is 11.0. The maximum absolute atomic E-state index is 4.93. The second-order valence-electron chi connectivity index (χ2n) is 11.4. The summed E-state index contributed by atoms with van der Waals surface area (Å²) in [6.07, 6.45) is 2.43. The summed E-state index contributed by atoms with van der Waals surface area (Å²) in [4.78, 5) is 0. The Morgan fingerprint density at radius 1 is 0.738 bits per heavy atom. The Hall–Kier alpha value is -1.44. The van der Waals surface area contributed by atoms with Crippen LogP contribution in [0.4, 0.5) is 0 Å². The molecule has 5 rings (SSSR count). The Morgan fingerprint density at radius 3 is 1.83 bits per heavy atom. The van der Waals surface area contributed by atoms with E-state index in [2.05, 4.69) is 146 Å². The molecule has 0 fully saturated rings. The molecule has 0 aliphatic rings. The van der Waals surface area contributed by atoms with Crippen molar-refractivity contribution in [3.05, 3.63) is 107 Å². The van der Waals surface area contributed by atoms with Gasteiger partial charge in [0, 0.05) is 9.52 Å². The van der Waals surface area contributed by atoms with Crippen LogP contribution in [-0.4, -0.2) is 9.52 Å². The van der Waals surface area contributed by atoms with Crippen LogP contribution in [0.3, 0.4) is 0 Å². The molecule has 4 heteroatoms. The summed E-state index contributed by atoms with van der Waals surface area (Å²) in [6, 6.07) is 31.6. The predicted octanol–water partition coefficient (Wildman–Crippen LogP) is 13.4. The Labute approximate surface area is 277 Å². The van der Waals surface area contributed by atoms with E-state index in [4.69, 9.17) is 17.0 Å². The van der Waals surface area contributed by atoms with Gasteiger partial charge in [-0.1, -0.05) is 122 Å². The molecule has 0 saturated carbocycles. The van der Waals surface area contributed by atoms with Gasteiger partial charge in [0.15, 0.2) is 0 Å². The van der Waals surface area contributed by atoms with Crippen molar-refractivity contribution in [2.75, 3.05) is 0 Å². The van der Waals surface area contributed by atoms with Gasteiger partial charge in [0.25, 0.3) is 0 Å². The van der Waals surface area contributed by atoms with Crippen LogP contribution < -0.4 is 0 Å². The van der Waals surface area contributed by atoms with Crippen LogP contribution in [-0.2, 0) is 20.8 Å². The molecule has 5 aromatic carbocycles. The monoisotopic (exact) mass is 692 g/mol. The van der Waals surface area contributed by atoms with Gasteiger partial charge in [-0.15, -0.1) is 69.1 Å². The number of hydrogen-bond donors (Lipinski definition) is 0. The fourth-order valence-corrected chi connectivity index (χ4v) is 5.14. The van der Waals surface area contributed by atoms with E-state index in [0.717, 1.165) is 9.52 Å². The molecular formula is C38H48Cl2SiZr. The molecule has 0 aromatic heterocycles. The van der Waals surface area contributed by atoms with Crippen molar-refractivity contribution in [1.29, 1.82) is 0 Å². The predicted molar refractivity (Wildman–Crippen MR) is 190 cm³/mol. The average molecular weight is 695 g/mol. The molecule has 42 heavy (non-hydrogen) atoms. The maximum atomic E-state index is 4.93. The van der Waals surface area contributed by atoms with Crippen molar-refractivity contribution >= 4 is 48.1 Å². The third kappa shape index (κ3) is 10.3. The van der Waals surface area contributed by atoms with Crippen LogP contribution in [0, 0.1) is 6.92 Å². The number of benzene rings is 3. The first-order valence-corrected chi connectivity index (χ1v) is 23.5. The second-order valence-corrected chi connectivity index (χ2v) is 16.2. The zero-order valence-corrected chi connectivity index (χ0v) is 32.0. The third-order valence-corrected chi connectivity index (χ3v) is 7.91. The fourth-order valence-electron chi connectivity index (χ4n) is 5.14. The molecule has 2 unspecified atom stereocenters. The molecule has 222 valence electrons. The van der Waals surface area contributed by atoms with Gasteiger partial charge in [-0.2, -0.15) is 12.1 Å². The van der Waals surface area contributed by atoms with Gasteiger partial charge < -0.3 is 0 Å². The number of hydrogen-bond acceptors (Lipinski definition) is 0. The Kier molecular flexibility index (Phi) is 16.7. The van der Waals surface area contributed by atoms with Crippen LogP contribution >= 0.6 is 17.0 Å². The van der Waals surface area contributed by atoms with Crippen LogP contribution in [0.5, 0.6) is 0 Å². The minimum atomic E-state index is -0.826. The van der Waals surface area contributed by atoms with Crippen molar-refractivity contribution in [2.24, 2.45) is 0 Å². The van der Waals surface area contributed by atoms with Crippen LogP contribution in [0.1, 0.15) is 94.4 Å². The van der Waals surface area contributed by atoms with E-state index in [0.29, 0.717) is 17.8 Å². The summed E-state index contributed by atoms with van der Waals surface area (Å²) < 4.78 is 0. The fraction of sp³-hybridized carbons (Fsp3) is 0.368. The molecule has 0 bridgehead atoms. The molecule has 0 saturated heterocycles. The summed E-state index contributed by atoms with van der Waals surface area (Å²) in [6.45, 7) is 20.1. The van der Waals surface area contributed by atoms with E-state index in [-0.39, 0.29) is 0 Å². The second kappa shape index (κ2) is 19.1. The molecule has 0 amide bonds. The molecule has 2 atom stereocenters. The van der Waals surface area contributed by atoms with Crippen molar-refractivity contribution in [3.8, 4) is 11.1 Å². The van der Waals surface area contributed by atoms with Crippen molar-refractivity contribution in [3.63, 3.8) is 0 Å². The van der Waals surface area contributed by atoms with Crippen LogP contribution in [0.25, 0.3) is 32.7 Å². The normalized spacial score (nSPS) is 11.9. The third-order valence-electron chi connectivity index (χ3n) is 7.91. The minimum absolute atomic E-state index is 0.589. The Morgan fingerprint density at radius 2 is 1.29 bits per heavy atom. The van der Waals surface area contributed by atoms with E-state index in [9.17, 15) is 0 Å². The molecule has 0 spiro atoms. The van der Waals surface area contributed by atoms with Gasteiger partial charge in [-0.25, -0.2) is 0 Å². The van der Waals surface area contributed by atoms with E-state index in [1.54, 1.807) is 0 Å². The summed E-state index contributed by atoms with van der Waals surface area (Å²) in [5, 5.41) is 5.58. The molecule has 0 N–H and O–H groups in total. The van der Waals surface area contributed by atoms with Crippen molar-refractivity contribution in [1.82, 2.24) is 0 Å². The average Bonchev–Trinajstić information content (AvgIpc) is 3.60. The topological polar surface area (TPSA) is 0 Å². The first-order chi connectivity index (χ1) is 20.1. The SMILES string of the molecule is CCC(C)c1cc2c(C(C)CC)cccc2[cH-]1.C[Si]C.Cc1cc2c(-c3ccc(C(C)C)cc3)cccc2[cH-]1.[Cl][Zr+2][Cl]. The Balaban J connectivity index is 0.000000249. The Bertz CT molecular complexity index is 1460. The van der Waals surface area contributed by atoms with Crippen LogP contribution in [0.2, 0.25) is 13.1 Å². The standard InChI is InChI=1S/C19H19.C17H23.C2H6Si.2ClH.Zr/c1-13(2)15-7-9-16(10-8-15)18-6-4-5-17-11-14(3)12-19(17)18;1-5-12(3)15-10-14-8-7-9-16(13(4)6-2)17(14)11-15;1-3-2;;;/h4-13H,1-3H3;7-13H,5-6H2,1-4H3;1-2H3;2*1H;/q2*-1;;;;+4/p-2. The van der Waals surface area contributed by atoms with Gasteiger partial charge in [0.2, 0.25) is 0 Å². The quantitative estimate of drug-likeness (QED) is 0.123. The van der Waals surface area contributed by atoms with E-state index in [1.165, 1.54) is 67.8 Å². The molecule has 0 aliphatic heterocycles. The zero-order chi connectivity index (χ0) is 31.2. The van der Waals surface area contributed by atoms with Crippen molar-refractivity contribution < 1.29 is 20.8 Å². The van der Waals surface area contributed by atoms with E-state index >= 15 is 0 Å². The van der Waals surface area contributed by atoms with Crippen LogP contribution in [0.15, 0.2) is 84.9 Å². The summed E-state index contributed by atoms with van der Waals surface area (Å²) >= 11 is -0.826. The molecule has 5 aromatic rings. The van der Waals surface area contributed by atoms with Gasteiger partial charge in [0.1, 0.15) is 0 Å². The number of fused-ring (bicyclic) bond motifs is 2. The van der Waals surface area contributed by atoms with E-state index in [1.807, 2.05) is 0 Å².